The van der Waals surface area contributed by atoms with E-state index in [0.717, 1.165) is 39.4 Å². The molecule has 2 heterocycles. The van der Waals surface area contributed by atoms with Crippen molar-refractivity contribution in [3.8, 4) is 0 Å². The number of fused-ring (bicyclic) bond motifs is 3. The summed E-state index contributed by atoms with van der Waals surface area (Å²) in [7, 11) is 0. The van der Waals surface area contributed by atoms with Crippen LogP contribution in [0.1, 0.15) is 34.5 Å². The van der Waals surface area contributed by atoms with E-state index >= 15 is 0 Å². The molecule has 29 heavy (non-hydrogen) atoms. The second-order valence-corrected chi connectivity index (χ2v) is 7.47. The first kappa shape index (κ1) is 17.4. The van der Waals surface area contributed by atoms with E-state index < -0.39 is 0 Å². The number of aromatic nitrogens is 2. The Morgan fingerprint density at radius 1 is 0.931 bits per heavy atom. The lowest BCUT2D eigenvalue weighted by atomic mass is 9.89. The number of allylic oxidation sites excluding steroid dienone is 2. The second-order valence-electron chi connectivity index (χ2n) is 7.47. The molecule has 1 N–H and O–H groups in total. The van der Waals surface area contributed by atoms with Crippen LogP contribution in [0.25, 0.3) is 11.0 Å². The topological polar surface area (TPSA) is 46.9 Å². The van der Waals surface area contributed by atoms with Crippen molar-refractivity contribution >= 4 is 22.8 Å². The zero-order chi connectivity index (χ0) is 20.0. The van der Waals surface area contributed by atoms with Gasteiger partial charge in [-0.3, -0.25) is 9.36 Å². The summed E-state index contributed by atoms with van der Waals surface area (Å²) in [6, 6.07) is 25.7. The number of carbonyl (C=O) groups excluding carboxylic acids is 1. The van der Waals surface area contributed by atoms with Gasteiger partial charge in [-0.05, 0) is 31.5 Å². The van der Waals surface area contributed by atoms with Crippen molar-refractivity contribution in [2.75, 3.05) is 5.32 Å². The molecule has 5 rings (SSSR count). The van der Waals surface area contributed by atoms with Gasteiger partial charge in [0.05, 0.1) is 17.1 Å². The molecule has 0 fully saturated rings. The van der Waals surface area contributed by atoms with E-state index in [2.05, 4.69) is 41.1 Å². The Labute approximate surface area is 169 Å². The molecule has 1 aliphatic heterocycles. The van der Waals surface area contributed by atoms with Crippen LogP contribution in [0.5, 0.6) is 0 Å². The first-order valence-corrected chi connectivity index (χ1v) is 9.74. The lowest BCUT2D eigenvalue weighted by molar-refractivity contribution is 0.102. The quantitative estimate of drug-likeness (QED) is 0.477. The van der Waals surface area contributed by atoms with Gasteiger partial charge in [0.25, 0.3) is 0 Å². The van der Waals surface area contributed by atoms with Crippen LogP contribution in [-0.4, -0.2) is 15.3 Å². The SMILES string of the molecule is CC1=C(C(=O)c2ccccc2)[C@H](c2cccc(C)c2)n2c(nc3ccccc32)N1. The molecule has 1 aliphatic rings. The smallest absolute Gasteiger partial charge is 0.209 e. The number of hydrogen-bond donors (Lipinski definition) is 1. The van der Waals surface area contributed by atoms with E-state index in [1.807, 2.05) is 61.5 Å². The number of anilines is 1. The molecule has 0 spiro atoms. The largest absolute Gasteiger partial charge is 0.329 e. The predicted octanol–water partition coefficient (Wildman–Crippen LogP) is 5.52. The number of para-hydroxylation sites is 2. The minimum atomic E-state index is -0.244. The molecule has 0 bridgehead atoms. The molecule has 3 aromatic carbocycles. The van der Waals surface area contributed by atoms with Gasteiger partial charge in [0.2, 0.25) is 5.95 Å². The summed E-state index contributed by atoms with van der Waals surface area (Å²) >= 11 is 0. The normalized spacial score (nSPS) is 15.9. The molecule has 0 aliphatic carbocycles. The highest BCUT2D eigenvalue weighted by atomic mass is 16.1. The van der Waals surface area contributed by atoms with Crippen LogP contribution < -0.4 is 5.32 Å². The lowest BCUT2D eigenvalue weighted by Gasteiger charge is -2.31. The van der Waals surface area contributed by atoms with Crippen molar-refractivity contribution in [1.82, 2.24) is 9.55 Å². The van der Waals surface area contributed by atoms with Crippen LogP contribution in [0.15, 0.2) is 90.1 Å². The van der Waals surface area contributed by atoms with E-state index in [4.69, 9.17) is 4.98 Å². The number of hydrogen-bond acceptors (Lipinski definition) is 3. The van der Waals surface area contributed by atoms with Crippen molar-refractivity contribution < 1.29 is 4.79 Å². The molecular weight excluding hydrogens is 358 g/mol. The molecule has 4 heteroatoms. The summed E-state index contributed by atoms with van der Waals surface area (Å²) in [6.07, 6.45) is 0. The summed E-state index contributed by atoms with van der Waals surface area (Å²) in [4.78, 5) is 18.4. The predicted molar refractivity (Wildman–Crippen MR) is 116 cm³/mol. The van der Waals surface area contributed by atoms with Crippen LogP contribution in [0.3, 0.4) is 0 Å². The maximum absolute atomic E-state index is 13.6. The Morgan fingerprint density at radius 3 is 2.48 bits per heavy atom. The maximum Gasteiger partial charge on any atom is 0.209 e. The summed E-state index contributed by atoms with van der Waals surface area (Å²) < 4.78 is 2.15. The molecule has 0 amide bonds. The molecule has 1 atom stereocenters. The molecule has 0 saturated heterocycles. The molecule has 0 saturated carbocycles. The average molecular weight is 379 g/mol. The lowest BCUT2D eigenvalue weighted by Crippen LogP contribution is -2.28. The summed E-state index contributed by atoms with van der Waals surface area (Å²) in [5.74, 6) is 0.797. The molecule has 4 aromatic rings. The highest BCUT2D eigenvalue weighted by Gasteiger charge is 2.34. The molecular formula is C25H21N3O. The zero-order valence-corrected chi connectivity index (χ0v) is 16.4. The number of imidazole rings is 1. The van der Waals surface area contributed by atoms with Crippen LogP contribution in [0.2, 0.25) is 0 Å². The van der Waals surface area contributed by atoms with Gasteiger partial charge in [0, 0.05) is 16.8 Å². The van der Waals surface area contributed by atoms with E-state index in [0.29, 0.717) is 5.56 Å². The number of rotatable bonds is 3. The molecule has 0 radical (unpaired) electrons. The van der Waals surface area contributed by atoms with Crippen LogP contribution >= 0.6 is 0 Å². The van der Waals surface area contributed by atoms with Crippen molar-refractivity contribution in [2.24, 2.45) is 0 Å². The van der Waals surface area contributed by atoms with Crippen LogP contribution in [0, 0.1) is 6.92 Å². The Hall–Kier alpha value is -3.66. The van der Waals surface area contributed by atoms with Gasteiger partial charge in [-0.25, -0.2) is 4.98 Å². The number of benzene rings is 3. The Balaban J connectivity index is 1.78. The van der Waals surface area contributed by atoms with Gasteiger partial charge in [-0.1, -0.05) is 72.3 Å². The van der Waals surface area contributed by atoms with Crippen molar-refractivity contribution in [1.29, 1.82) is 0 Å². The van der Waals surface area contributed by atoms with Crippen LogP contribution in [0.4, 0.5) is 5.95 Å². The summed E-state index contributed by atoms with van der Waals surface area (Å²) in [5, 5.41) is 3.38. The fourth-order valence-electron chi connectivity index (χ4n) is 4.16. The monoisotopic (exact) mass is 379 g/mol. The van der Waals surface area contributed by atoms with Gasteiger partial charge in [0.1, 0.15) is 0 Å². The third-order valence-corrected chi connectivity index (χ3v) is 5.47. The molecule has 0 unspecified atom stereocenters. The third-order valence-electron chi connectivity index (χ3n) is 5.47. The number of carbonyl (C=O) groups is 1. The number of ketones is 1. The summed E-state index contributed by atoms with van der Waals surface area (Å²) in [5.41, 5.74) is 6.44. The second kappa shape index (κ2) is 6.74. The fraction of sp³-hybridized carbons (Fsp3) is 0.120. The number of nitrogens with one attached hydrogen (secondary N) is 1. The van der Waals surface area contributed by atoms with E-state index in [1.165, 1.54) is 0 Å². The highest BCUT2D eigenvalue weighted by Crippen LogP contribution is 2.40. The van der Waals surface area contributed by atoms with Gasteiger partial charge < -0.3 is 5.32 Å². The Morgan fingerprint density at radius 2 is 1.69 bits per heavy atom. The molecule has 1 aromatic heterocycles. The van der Waals surface area contributed by atoms with Crippen molar-refractivity contribution in [3.05, 3.63) is 107 Å². The maximum atomic E-state index is 13.6. The Kier molecular flexibility index (Phi) is 4.06. The van der Waals surface area contributed by atoms with Gasteiger partial charge in [0.15, 0.2) is 5.78 Å². The van der Waals surface area contributed by atoms with Crippen molar-refractivity contribution in [2.45, 2.75) is 19.9 Å². The number of aryl methyl sites for hydroxylation is 1. The van der Waals surface area contributed by atoms with Gasteiger partial charge in [-0.2, -0.15) is 0 Å². The van der Waals surface area contributed by atoms with Crippen molar-refractivity contribution in [3.63, 3.8) is 0 Å². The van der Waals surface area contributed by atoms with Gasteiger partial charge in [-0.15, -0.1) is 0 Å². The van der Waals surface area contributed by atoms with E-state index in [1.54, 1.807) is 0 Å². The third kappa shape index (κ3) is 2.85. The zero-order valence-electron chi connectivity index (χ0n) is 16.4. The average Bonchev–Trinajstić information content (AvgIpc) is 3.10. The summed E-state index contributed by atoms with van der Waals surface area (Å²) in [6.45, 7) is 4.04. The number of nitrogens with zero attached hydrogens (tertiary/aromatic N) is 2. The fourth-order valence-corrected chi connectivity index (χ4v) is 4.16. The molecule has 142 valence electrons. The van der Waals surface area contributed by atoms with E-state index in [-0.39, 0.29) is 11.8 Å². The highest BCUT2D eigenvalue weighted by molar-refractivity contribution is 6.11. The van der Waals surface area contributed by atoms with E-state index in [9.17, 15) is 4.79 Å². The number of Topliss-reactive ketones (excluding diaryl/α,β-unsaturated/α-hetero) is 1. The van der Waals surface area contributed by atoms with Crippen LogP contribution in [-0.2, 0) is 0 Å². The molecule has 4 nitrogen and oxygen atoms in total. The first-order chi connectivity index (χ1) is 14.1. The van der Waals surface area contributed by atoms with Gasteiger partial charge >= 0.3 is 0 Å². The minimum absolute atomic E-state index is 0.0329. The minimum Gasteiger partial charge on any atom is -0.329 e. The first-order valence-electron chi connectivity index (χ1n) is 9.74. The standard InChI is InChI=1S/C25H21N3O/c1-16-9-8-12-19(15-16)23-22(24(29)18-10-4-3-5-11-18)17(2)26-25-27-20-13-6-7-14-21(20)28(23)25/h3-15,23H,1-2H3,(H,26,27)/t23-/m0/s1. The Bertz CT molecular complexity index is 1270.